The molecule has 0 saturated carbocycles. The molecule has 3 N–H and O–H groups in total. The van der Waals surface area contributed by atoms with Gasteiger partial charge in [0, 0.05) is 28.4 Å². The van der Waals surface area contributed by atoms with Gasteiger partial charge in [-0.2, -0.15) is 0 Å². The lowest BCUT2D eigenvalue weighted by molar-refractivity contribution is 0.102. The molecule has 0 aliphatic carbocycles. The van der Waals surface area contributed by atoms with Gasteiger partial charge in [0.1, 0.15) is 0 Å². The number of hydrogen-bond acceptors (Lipinski definition) is 5. The van der Waals surface area contributed by atoms with E-state index in [0.717, 1.165) is 4.90 Å². The summed E-state index contributed by atoms with van der Waals surface area (Å²) in [6, 6.07) is 12.0. The SMILES string of the molecule is CNS(=O)(=O)c1cc(NCC(C)(C)C)cc(C(=O)Nc2cccc(SC)c2)c1. The van der Waals surface area contributed by atoms with Crippen LogP contribution in [0, 0.1) is 5.41 Å². The van der Waals surface area contributed by atoms with Gasteiger partial charge in [-0.3, -0.25) is 4.79 Å². The van der Waals surface area contributed by atoms with E-state index in [1.54, 1.807) is 23.9 Å². The average molecular weight is 422 g/mol. The third-order valence-electron chi connectivity index (χ3n) is 3.90. The summed E-state index contributed by atoms with van der Waals surface area (Å²) < 4.78 is 26.9. The Kier molecular flexibility index (Phi) is 7.14. The number of rotatable bonds is 7. The fourth-order valence-corrected chi connectivity index (χ4v) is 3.64. The van der Waals surface area contributed by atoms with Crippen LogP contribution < -0.4 is 15.4 Å². The van der Waals surface area contributed by atoms with E-state index in [4.69, 9.17) is 0 Å². The molecule has 0 saturated heterocycles. The standard InChI is InChI=1S/C20H27N3O3S2/c1-20(2,3)13-22-16-9-14(10-18(12-16)28(25,26)21-4)19(24)23-15-7-6-8-17(11-15)27-5/h6-12,21-22H,13H2,1-5H3,(H,23,24). The molecule has 28 heavy (non-hydrogen) atoms. The minimum Gasteiger partial charge on any atom is -0.384 e. The lowest BCUT2D eigenvalue weighted by Gasteiger charge is -2.20. The number of amides is 1. The molecule has 0 bridgehead atoms. The zero-order chi connectivity index (χ0) is 20.9. The van der Waals surface area contributed by atoms with Gasteiger partial charge in [-0.25, -0.2) is 13.1 Å². The first-order valence-corrected chi connectivity index (χ1v) is 11.5. The topological polar surface area (TPSA) is 87.3 Å². The molecular weight excluding hydrogens is 394 g/mol. The third-order valence-corrected chi connectivity index (χ3v) is 6.02. The Bertz CT molecular complexity index is 951. The molecule has 0 aliphatic rings. The van der Waals surface area contributed by atoms with Gasteiger partial charge < -0.3 is 10.6 Å². The van der Waals surface area contributed by atoms with Crippen LogP contribution in [0.25, 0.3) is 0 Å². The van der Waals surface area contributed by atoms with Gasteiger partial charge in [0.05, 0.1) is 4.90 Å². The Morgan fingerprint density at radius 1 is 1.07 bits per heavy atom. The van der Waals surface area contributed by atoms with Gasteiger partial charge in [0.2, 0.25) is 10.0 Å². The number of carbonyl (C=O) groups excluding carboxylic acids is 1. The maximum absolute atomic E-state index is 12.8. The first-order chi connectivity index (χ1) is 13.0. The van der Waals surface area contributed by atoms with Gasteiger partial charge >= 0.3 is 0 Å². The Labute approximate surface area is 171 Å². The molecular formula is C20H27N3O3S2. The van der Waals surface area contributed by atoms with E-state index in [9.17, 15) is 13.2 Å². The molecule has 1 amide bonds. The van der Waals surface area contributed by atoms with Gasteiger partial charge in [0.25, 0.3) is 5.91 Å². The van der Waals surface area contributed by atoms with Crippen LogP contribution in [0.3, 0.4) is 0 Å². The normalized spacial score (nSPS) is 11.9. The lowest BCUT2D eigenvalue weighted by atomic mass is 9.97. The maximum atomic E-state index is 12.8. The quantitative estimate of drug-likeness (QED) is 0.588. The highest BCUT2D eigenvalue weighted by Gasteiger charge is 2.18. The molecule has 0 atom stereocenters. The zero-order valence-electron chi connectivity index (χ0n) is 16.8. The van der Waals surface area contributed by atoms with Gasteiger partial charge in [-0.05, 0) is 55.1 Å². The van der Waals surface area contributed by atoms with Crippen molar-refractivity contribution in [2.24, 2.45) is 5.41 Å². The molecule has 152 valence electrons. The van der Waals surface area contributed by atoms with Crippen LogP contribution in [0.2, 0.25) is 0 Å². The van der Waals surface area contributed by atoms with Crippen molar-refractivity contribution in [3.63, 3.8) is 0 Å². The van der Waals surface area contributed by atoms with E-state index < -0.39 is 10.0 Å². The largest absolute Gasteiger partial charge is 0.384 e. The molecule has 0 aromatic heterocycles. The third kappa shape index (κ3) is 6.25. The minimum atomic E-state index is -3.69. The summed E-state index contributed by atoms with van der Waals surface area (Å²) in [7, 11) is -2.34. The summed E-state index contributed by atoms with van der Waals surface area (Å²) in [6.45, 7) is 6.84. The predicted molar refractivity (Wildman–Crippen MR) is 117 cm³/mol. The number of hydrogen-bond donors (Lipinski definition) is 3. The van der Waals surface area contributed by atoms with Crippen LogP contribution in [-0.4, -0.2) is 34.2 Å². The summed E-state index contributed by atoms with van der Waals surface area (Å²) in [4.78, 5) is 13.8. The summed E-state index contributed by atoms with van der Waals surface area (Å²) in [6.07, 6.45) is 1.96. The van der Waals surface area contributed by atoms with Crippen LogP contribution in [0.4, 0.5) is 11.4 Å². The molecule has 2 aromatic rings. The Hall–Kier alpha value is -2.03. The minimum absolute atomic E-state index is 0.00142. The molecule has 0 aliphatic heterocycles. The van der Waals surface area contributed by atoms with Crippen molar-refractivity contribution in [2.75, 3.05) is 30.5 Å². The van der Waals surface area contributed by atoms with Crippen molar-refractivity contribution < 1.29 is 13.2 Å². The van der Waals surface area contributed by atoms with Crippen molar-refractivity contribution in [1.82, 2.24) is 4.72 Å². The number of carbonyl (C=O) groups is 1. The lowest BCUT2D eigenvalue weighted by Crippen LogP contribution is -2.22. The molecule has 0 fully saturated rings. The maximum Gasteiger partial charge on any atom is 0.255 e. The number of nitrogens with one attached hydrogen (secondary N) is 3. The number of anilines is 2. The first-order valence-electron chi connectivity index (χ1n) is 8.82. The van der Waals surface area contributed by atoms with Gasteiger partial charge in [-0.1, -0.05) is 26.8 Å². The van der Waals surface area contributed by atoms with Crippen molar-refractivity contribution >= 4 is 39.1 Å². The fourth-order valence-electron chi connectivity index (χ4n) is 2.38. The second kappa shape index (κ2) is 8.98. The predicted octanol–water partition coefficient (Wildman–Crippen LogP) is 4.03. The molecule has 0 unspecified atom stereocenters. The number of sulfonamides is 1. The van der Waals surface area contributed by atoms with Crippen LogP contribution in [-0.2, 0) is 10.0 Å². The van der Waals surface area contributed by atoms with Crippen molar-refractivity contribution in [3.05, 3.63) is 48.0 Å². The highest BCUT2D eigenvalue weighted by molar-refractivity contribution is 7.98. The average Bonchev–Trinajstić information content (AvgIpc) is 2.65. The van der Waals surface area contributed by atoms with Crippen LogP contribution >= 0.6 is 11.8 Å². The highest BCUT2D eigenvalue weighted by atomic mass is 32.2. The molecule has 6 nitrogen and oxygen atoms in total. The molecule has 0 spiro atoms. The second-order valence-corrected chi connectivity index (χ2v) is 10.3. The molecule has 2 aromatic carbocycles. The first kappa shape index (κ1) is 22.3. The van der Waals surface area contributed by atoms with Crippen molar-refractivity contribution in [2.45, 2.75) is 30.6 Å². The van der Waals surface area contributed by atoms with E-state index in [1.165, 1.54) is 19.2 Å². The Balaban J connectivity index is 2.37. The van der Waals surface area contributed by atoms with E-state index in [-0.39, 0.29) is 21.8 Å². The van der Waals surface area contributed by atoms with E-state index >= 15 is 0 Å². The molecule has 0 radical (unpaired) electrons. The van der Waals surface area contributed by atoms with E-state index in [2.05, 4.69) is 36.1 Å². The van der Waals surface area contributed by atoms with Crippen LogP contribution in [0.5, 0.6) is 0 Å². The fraction of sp³-hybridized carbons (Fsp3) is 0.350. The summed E-state index contributed by atoms with van der Waals surface area (Å²) >= 11 is 1.58. The van der Waals surface area contributed by atoms with Crippen LogP contribution in [0.1, 0.15) is 31.1 Å². The summed E-state index contributed by atoms with van der Waals surface area (Å²) in [5.74, 6) is -0.370. The summed E-state index contributed by atoms with van der Waals surface area (Å²) in [5.41, 5.74) is 1.50. The smallest absolute Gasteiger partial charge is 0.255 e. The summed E-state index contributed by atoms with van der Waals surface area (Å²) in [5, 5.41) is 6.06. The molecule has 0 heterocycles. The Morgan fingerprint density at radius 2 is 1.79 bits per heavy atom. The molecule has 8 heteroatoms. The van der Waals surface area contributed by atoms with Crippen molar-refractivity contribution in [1.29, 1.82) is 0 Å². The van der Waals surface area contributed by atoms with E-state index in [1.807, 2.05) is 24.5 Å². The zero-order valence-corrected chi connectivity index (χ0v) is 18.4. The Morgan fingerprint density at radius 3 is 2.39 bits per heavy atom. The van der Waals surface area contributed by atoms with Gasteiger partial charge in [-0.15, -0.1) is 11.8 Å². The van der Waals surface area contributed by atoms with Crippen LogP contribution in [0.15, 0.2) is 52.3 Å². The number of thioether (sulfide) groups is 1. The van der Waals surface area contributed by atoms with E-state index in [0.29, 0.717) is 17.9 Å². The monoisotopic (exact) mass is 421 g/mol. The highest BCUT2D eigenvalue weighted by Crippen LogP contribution is 2.23. The van der Waals surface area contributed by atoms with Crippen molar-refractivity contribution in [3.8, 4) is 0 Å². The molecule has 2 rings (SSSR count). The second-order valence-electron chi connectivity index (χ2n) is 7.55. The van der Waals surface area contributed by atoms with Gasteiger partial charge in [0.15, 0.2) is 0 Å². The number of benzene rings is 2.